The molecule has 0 saturated carbocycles. The molecule has 1 aromatic heterocycles. The van der Waals surface area contributed by atoms with Gasteiger partial charge in [0.2, 0.25) is 5.88 Å². The number of halogens is 1. The van der Waals surface area contributed by atoms with Gasteiger partial charge < -0.3 is 35.1 Å². The standard InChI is InChI=1S/C41H40FN7O5/c1-2-28-21-29(23-30(22-28)40(50)44-11-12-48-13-17-52-18-14-48)24-38-43-10-9-39(47-38)54-37-8-7-36(34-5-3-4-6-35(34)37)46-41(51)45-32-25-31(42)26-33(27-32)49-15-19-53-20-16-49/h1,3-10,21-23,25-27H,11-20,24H2,(H,44,50)(H2,45,46,51). The first-order valence-electron chi connectivity index (χ1n) is 17.8. The zero-order valence-electron chi connectivity index (χ0n) is 29.6. The van der Waals surface area contributed by atoms with Gasteiger partial charge in [-0.3, -0.25) is 9.69 Å². The zero-order chi connectivity index (χ0) is 37.3. The predicted octanol–water partition coefficient (Wildman–Crippen LogP) is 5.68. The van der Waals surface area contributed by atoms with Crippen molar-refractivity contribution in [3.05, 3.63) is 113 Å². The van der Waals surface area contributed by atoms with Crippen molar-refractivity contribution in [3.63, 3.8) is 0 Å². The first-order valence-corrected chi connectivity index (χ1v) is 17.8. The molecule has 2 aliphatic rings. The maximum Gasteiger partial charge on any atom is 0.323 e. The molecule has 4 aromatic carbocycles. The second kappa shape index (κ2) is 17.2. The van der Waals surface area contributed by atoms with Gasteiger partial charge in [0.15, 0.2) is 0 Å². The average Bonchev–Trinajstić information content (AvgIpc) is 3.19. The van der Waals surface area contributed by atoms with E-state index in [-0.39, 0.29) is 5.91 Å². The summed E-state index contributed by atoms with van der Waals surface area (Å²) in [7, 11) is 0. The van der Waals surface area contributed by atoms with Crippen molar-refractivity contribution >= 4 is 39.8 Å². The van der Waals surface area contributed by atoms with E-state index in [1.54, 1.807) is 42.6 Å². The smallest absolute Gasteiger partial charge is 0.323 e. The van der Waals surface area contributed by atoms with Gasteiger partial charge in [0.25, 0.3) is 5.91 Å². The van der Waals surface area contributed by atoms with E-state index >= 15 is 0 Å². The highest BCUT2D eigenvalue weighted by Crippen LogP contribution is 2.34. The molecule has 7 rings (SSSR count). The van der Waals surface area contributed by atoms with Gasteiger partial charge in [-0.2, -0.15) is 4.98 Å². The van der Waals surface area contributed by atoms with Crippen LogP contribution in [0, 0.1) is 18.2 Å². The number of fused-ring (bicyclic) bond motifs is 1. The SMILES string of the molecule is C#Cc1cc(Cc2nccc(Oc3ccc(NC(=O)Nc4cc(F)cc(N5CCOCC5)c4)c4ccccc34)n2)cc(C(=O)NCCN2CCOCC2)c1. The molecule has 0 bridgehead atoms. The Morgan fingerprint density at radius 3 is 2.46 bits per heavy atom. The third-order valence-electron chi connectivity index (χ3n) is 9.14. The first kappa shape index (κ1) is 36.3. The fourth-order valence-electron chi connectivity index (χ4n) is 6.49. The number of anilines is 3. The highest BCUT2D eigenvalue weighted by molar-refractivity contribution is 6.07. The molecule has 3 heterocycles. The van der Waals surface area contributed by atoms with Crippen LogP contribution in [-0.4, -0.2) is 92.5 Å². The van der Waals surface area contributed by atoms with Crippen LogP contribution in [0.2, 0.25) is 0 Å². The normalized spacial score (nSPS) is 14.6. The lowest BCUT2D eigenvalue weighted by molar-refractivity contribution is 0.0383. The quantitative estimate of drug-likeness (QED) is 0.147. The second-order valence-corrected chi connectivity index (χ2v) is 12.9. The molecule has 276 valence electrons. The molecule has 12 nitrogen and oxygen atoms in total. The molecule has 0 atom stereocenters. The van der Waals surface area contributed by atoms with Crippen molar-refractivity contribution in [1.29, 1.82) is 0 Å². The van der Waals surface area contributed by atoms with Gasteiger partial charge >= 0.3 is 6.03 Å². The van der Waals surface area contributed by atoms with Gasteiger partial charge in [0.1, 0.15) is 17.4 Å². The maximum absolute atomic E-state index is 14.5. The van der Waals surface area contributed by atoms with Crippen LogP contribution in [0.5, 0.6) is 11.6 Å². The van der Waals surface area contributed by atoms with Crippen LogP contribution in [-0.2, 0) is 15.9 Å². The number of morpholine rings is 2. The van der Waals surface area contributed by atoms with E-state index in [0.29, 0.717) is 98.1 Å². The molecule has 2 fully saturated rings. The molecule has 3 N–H and O–H groups in total. The summed E-state index contributed by atoms with van der Waals surface area (Å²) < 4.78 is 31.6. The lowest BCUT2D eigenvalue weighted by Gasteiger charge is -2.29. The van der Waals surface area contributed by atoms with Crippen LogP contribution in [0.3, 0.4) is 0 Å². The van der Waals surface area contributed by atoms with Crippen LogP contribution in [0.25, 0.3) is 10.8 Å². The molecule has 0 spiro atoms. The number of hydrogen-bond donors (Lipinski definition) is 3. The van der Waals surface area contributed by atoms with E-state index in [4.69, 9.17) is 20.6 Å². The summed E-state index contributed by atoms with van der Waals surface area (Å²) >= 11 is 0. The predicted molar refractivity (Wildman–Crippen MR) is 205 cm³/mol. The van der Waals surface area contributed by atoms with Crippen molar-refractivity contribution < 1.29 is 28.2 Å². The monoisotopic (exact) mass is 729 g/mol. The number of benzene rings is 4. The van der Waals surface area contributed by atoms with Gasteiger partial charge in [0.05, 0.1) is 32.1 Å². The zero-order valence-corrected chi connectivity index (χ0v) is 29.6. The number of terminal acetylenes is 1. The van der Waals surface area contributed by atoms with Gasteiger partial charge in [-0.25, -0.2) is 14.2 Å². The maximum atomic E-state index is 14.5. The molecule has 0 radical (unpaired) electrons. The molecular weight excluding hydrogens is 689 g/mol. The van der Waals surface area contributed by atoms with Crippen LogP contribution in [0.1, 0.15) is 27.3 Å². The molecule has 0 unspecified atom stereocenters. The topological polar surface area (TPSA) is 130 Å². The lowest BCUT2D eigenvalue weighted by atomic mass is 10.0. The molecule has 54 heavy (non-hydrogen) atoms. The van der Waals surface area contributed by atoms with E-state index in [1.807, 2.05) is 35.2 Å². The summed E-state index contributed by atoms with van der Waals surface area (Å²) in [4.78, 5) is 39.5. The Hall–Kier alpha value is -6.07. The number of nitrogens with one attached hydrogen (secondary N) is 3. The number of rotatable bonds is 11. The third-order valence-corrected chi connectivity index (χ3v) is 9.14. The number of hydrogen-bond acceptors (Lipinski definition) is 9. The number of ether oxygens (including phenoxy) is 3. The number of carbonyl (C=O) groups excluding carboxylic acids is 2. The van der Waals surface area contributed by atoms with E-state index in [2.05, 4.69) is 36.7 Å². The molecule has 2 saturated heterocycles. The summed E-state index contributed by atoms with van der Waals surface area (Å²) in [6, 6.07) is 21.9. The molecule has 0 aliphatic carbocycles. The summed E-state index contributed by atoms with van der Waals surface area (Å²) in [5.41, 5.74) is 3.40. The Morgan fingerprint density at radius 2 is 1.67 bits per heavy atom. The Labute approximate surface area is 312 Å². The summed E-state index contributed by atoms with van der Waals surface area (Å²) in [6.07, 6.45) is 7.68. The first-order chi connectivity index (χ1) is 26.4. The number of carbonyl (C=O) groups is 2. The Bertz CT molecular complexity index is 2180. The van der Waals surface area contributed by atoms with Gasteiger partial charge in [-0.15, -0.1) is 6.42 Å². The lowest BCUT2D eigenvalue weighted by Crippen LogP contribution is -2.41. The molecular formula is C41H40FN7O5. The van der Waals surface area contributed by atoms with Crippen LogP contribution >= 0.6 is 0 Å². The van der Waals surface area contributed by atoms with Crippen molar-refractivity contribution in [2.45, 2.75) is 6.42 Å². The largest absolute Gasteiger partial charge is 0.438 e. The number of urea groups is 1. The van der Waals surface area contributed by atoms with E-state index in [0.717, 1.165) is 36.0 Å². The van der Waals surface area contributed by atoms with Crippen molar-refractivity contribution in [2.75, 3.05) is 81.2 Å². The molecule has 2 aliphatic heterocycles. The summed E-state index contributed by atoms with van der Waals surface area (Å²) in [5, 5.41) is 10.1. The Kier molecular flexibility index (Phi) is 11.5. The number of nitrogens with zero attached hydrogens (tertiary/aromatic N) is 4. The Balaban J connectivity index is 1.02. The third kappa shape index (κ3) is 9.28. The van der Waals surface area contributed by atoms with Crippen molar-refractivity contribution in [3.8, 4) is 24.0 Å². The summed E-state index contributed by atoms with van der Waals surface area (Å²) in [5.74, 6) is 3.32. The minimum absolute atomic E-state index is 0.200. The number of aromatic nitrogens is 2. The van der Waals surface area contributed by atoms with Crippen LogP contribution < -0.4 is 25.6 Å². The van der Waals surface area contributed by atoms with Crippen molar-refractivity contribution in [2.24, 2.45) is 0 Å². The molecule has 5 aromatic rings. The van der Waals surface area contributed by atoms with Gasteiger partial charge in [-0.1, -0.05) is 30.2 Å². The second-order valence-electron chi connectivity index (χ2n) is 12.9. The Morgan fingerprint density at radius 1 is 0.889 bits per heavy atom. The highest BCUT2D eigenvalue weighted by Gasteiger charge is 2.17. The fourth-order valence-corrected chi connectivity index (χ4v) is 6.49. The van der Waals surface area contributed by atoms with Gasteiger partial charge in [-0.05, 0) is 54.1 Å². The highest BCUT2D eigenvalue weighted by atomic mass is 19.1. The minimum Gasteiger partial charge on any atom is -0.438 e. The average molecular weight is 730 g/mol. The fraction of sp³-hybridized carbons (Fsp3) is 0.268. The van der Waals surface area contributed by atoms with E-state index in [1.165, 1.54) is 12.1 Å². The van der Waals surface area contributed by atoms with Gasteiger partial charge in [0, 0.05) is 91.2 Å². The molecule has 3 amide bonds. The summed E-state index contributed by atoms with van der Waals surface area (Å²) in [6.45, 7) is 6.77. The van der Waals surface area contributed by atoms with E-state index < -0.39 is 11.8 Å². The van der Waals surface area contributed by atoms with Crippen LogP contribution in [0.15, 0.2) is 85.1 Å². The van der Waals surface area contributed by atoms with Crippen molar-refractivity contribution in [1.82, 2.24) is 20.2 Å². The number of amides is 3. The van der Waals surface area contributed by atoms with Crippen LogP contribution in [0.4, 0.5) is 26.2 Å². The van der Waals surface area contributed by atoms with E-state index in [9.17, 15) is 14.0 Å². The minimum atomic E-state index is -0.518. The molecule has 13 heteroatoms.